The number of phenolic OH excluding ortho intramolecular Hbond substituents is 1. The fraction of sp³-hybridized carbons (Fsp3) is 0.148. The van der Waals surface area contributed by atoms with Crippen molar-refractivity contribution in [3.63, 3.8) is 0 Å². The number of amides is 4. The van der Waals surface area contributed by atoms with Gasteiger partial charge in [0.2, 0.25) is 0 Å². The van der Waals surface area contributed by atoms with E-state index in [1.807, 2.05) is 38.1 Å². The summed E-state index contributed by atoms with van der Waals surface area (Å²) in [7, 11) is 0. The van der Waals surface area contributed by atoms with Gasteiger partial charge >= 0.3 is 6.03 Å². The summed E-state index contributed by atoms with van der Waals surface area (Å²) in [5.41, 5.74) is 2.71. The van der Waals surface area contributed by atoms with Crippen LogP contribution in [0.2, 0.25) is 0 Å². The molecule has 4 amide bonds. The number of benzene rings is 3. The molecule has 184 valence electrons. The highest BCUT2D eigenvalue weighted by Gasteiger charge is 2.36. The second-order valence-electron chi connectivity index (χ2n) is 8.01. The van der Waals surface area contributed by atoms with Gasteiger partial charge in [0, 0.05) is 0 Å². The third-order valence-corrected chi connectivity index (χ3v) is 6.16. The molecule has 9 heteroatoms. The summed E-state index contributed by atoms with van der Waals surface area (Å²) >= 11 is 2.12. The highest BCUT2D eigenvalue weighted by atomic mass is 127. The molecule has 0 atom stereocenters. The first-order chi connectivity index (χ1) is 17.3. The number of aromatic hydroxyl groups is 1. The number of anilines is 1. The van der Waals surface area contributed by atoms with Crippen molar-refractivity contribution in [3.05, 3.63) is 86.5 Å². The maximum atomic E-state index is 13.1. The highest BCUT2D eigenvalue weighted by molar-refractivity contribution is 14.1. The topological polar surface area (TPSA) is 105 Å². The fourth-order valence-electron chi connectivity index (χ4n) is 3.57. The number of hydrogen-bond donors (Lipinski definition) is 2. The minimum atomic E-state index is -0.864. The molecule has 1 fully saturated rings. The van der Waals surface area contributed by atoms with E-state index in [0.717, 1.165) is 19.6 Å². The number of hydrogen-bond acceptors (Lipinski definition) is 6. The fourth-order valence-corrected chi connectivity index (χ4v) is 4.36. The van der Waals surface area contributed by atoms with Gasteiger partial charge in [-0.1, -0.05) is 29.8 Å². The van der Waals surface area contributed by atoms with E-state index >= 15 is 0 Å². The van der Waals surface area contributed by atoms with Gasteiger partial charge in [-0.25, -0.2) is 9.69 Å². The Kier molecular flexibility index (Phi) is 7.58. The summed E-state index contributed by atoms with van der Waals surface area (Å²) in [6, 6.07) is 16.1. The minimum Gasteiger partial charge on any atom is -0.508 e. The van der Waals surface area contributed by atoms with E-state index in [9.17, 15) is 19.5 Å². The number of carbonyl (C=O) groups is 3. The summed E-state index contributed by atoms with van der Waals surface area (Å²) in [5.74, 6) is -0.563. The maximum Gasteiger partial charge on any atom is 0.335 e. The summed E-state index contributed by atoms with van der Waals surface area (Å²) in [6.45, 7) is 4.60. The van der Waals surface area contributed by atoms with Crippen LogP contribution in [-0.4, -0.2) is 29.6 Å². The van der Waals surface area contributed by atoms with Crippen LogP contribution in [0, 0.1) is 10.5 Å². The zero-order chi connectivity index (χ0) is 25.8. The molecule has 3 aromatic carbocycles. The monoisotopic (exact) mass is 598 g/mol. The van der Waals surface area contributed by atoms with Gasteiger partial charge in [-0.15, -0.1) is 0 Å². The van der Waals surface area contributed by atoms with Crippen LogP contribution >= 0.6 is 22.6 Å². The van der Waals surface area contributed by atoms with Crippen molar-refractivity contribution in [2.75, 3.05) is 11.5 Å². The Balaban J connectivity index is 1.65. The van der Waals surface area contributed by atoms with Crippen molar-refractivity contribution in [1.29, 1.82) is 0 Å². The van der Waals surface area contributed by atoms with E-state index in [4.69, 9.17) is 9.47 Å². The SMILES string of the molecule is CCOc1cc(/C=C2\C(=O)NC(=O)N(c3ccc(O)cc3)C2=O)cc(I)c1OCc1ccc(C)cc1. The van der Waals surface area contributed by atoms with Crippen LogP contribution in [0.1, 0.15) is 23.6 Å². The lowest BCUT2D eigenvalue weighted by Crippen LogP contribution is -2.54. The van der Waals surface area contributed by atoms with Gasteiger partial charge in [-0.3, -0.25) is 14.9 Å². The van der Waals surface area contributed by atoms with Crippen LogP contribution in [0.4, 0.5) is 10.5 Å². The molecule has 4 rings (SSSR count). The largest absolute Gasteiger partial charge is 0.508 e. The predicted octanol–water partition coefficient (Wildman–Crippen LogP) is 4.95. The van der Waals surface area contributed by atoms with Gasteiger partial charge in [-0.2, -0.15) is 0 Å². The molecule has 1 heterocycles. The van der Waals surface area contributed by atoms with Gasteiger partial charge in [0.25, 0.3) is 11.8 Å². The molecule has 0 aliphatic carbocycles. The summed E-state index contributed by atoms with van der Waals surface area (Å²) < 4.78 is 12.6. The smallest absolute Gasteiger partial charge is 0.335 e. The number of carbonyl (C=O) groups excluding carboxylic acids is 3. The van der Waals surface area contributed by atoms with Crippen molar-refractivity contribution in [3.8, 4) is 17.2 Å². The Morgan fingerprint density at radius 1 is 1.00 bits per heavy atom. The van der Waals surface area contributed by atoms with E-state index in [1.54, 1.807) is 12.1 Å². The standard InChI is InChI=1S/C27H23IN2O6/c1-3-35-23-14-18(13-22(28)24(23)36-15-17-6-4-16(2)5-7-17)12-21-25(32)29-27(34)30(26(21)33)19-8-10-20(31)11-9-19/h4-14,31H,3,15H2,1-2H3,(H,29,32,34)/b21-12+. The molecule has 2 N–H and O–H groups in total. The number of nitrogens with one attached hydrogen (secondary N) is 1. The average Bonchev–Trinajstić information content (AvgIpc) is 2.83. The molecule has 1 aliphatic heterocycles. The van der Waals surface area contributed by atoms with Crippen molar-refractivity contribution in [2.24, 2.45) is 0 Å². The number of urea groups is 1. The average molecular weight is 598 g/mol. The van der Waals surface area contributed by atoms with Crippen molar-refractivity contribution < 1.29 is 29.0 Å². The Hall–Kier alpha value is -3.86. The molecule has 36 heavy (non-hydrogen) atoms. The Bertz CT molecular complexity index is 1350. The van der Waals surface area contributed by atoms with Crippen LogP contribution in [0.15, 0.2) is 66.2 Å². The second-order valence-corrected chi connectivity index (χ2v) is 9.17. The number of halogens is 1. The van der Waals surface area contributed by atoms with Crippen molar-refractivity contribution >= 4 is 52.2 Å². The van der Waals surface area contributed by atoms with Crippen LogP contribution in [0.3, 0.4) is 0 Å². The van der Waals surface area contributed by atoms with Crippen LogP contribution < -0.4 is 19.7 Å². The number of barbiturate groups is 1. The molecule has 0 unspecified atom stereocenters. The number of aryl methyl sites for hydroxylation is 1. The van der Waals surface area contributed by atoms with Gasteiger partial charge in [-0.05, 0) is 90.0 Å². The molecule has 1 aliphatic rings. The lowest BCUT2D eigenvalue weighted by atomic mass is 10.1. The van der Waals surface area contributed by atoms with Crippen LogP contribution in [-0.2, 0) is 16.2 Å². The normalized spacial score (nSPS) is 14.7. The van der Waals surface area contributed by atoms with E-state index in [0.29, 0.717) is 30.3 Å². The number of phenols is 1. The van der Waals surface area contributed by atoms with Crippen LogP contribution in [0.25, 0.3) is 6.08 Å². The number of imide groups is 2. The van der Waals surface area contributed by atoms with E-state index in [-0.39, 0.29) is 17.0 Å². The summed E-state index contributed by atoms with van der Waals surface area (Å²) in [5, 5.41) is 11.7. The van der Waals surface area contributed by atoms with Crippen molar-refractivity contribution in [2.45, 2.75) is 20.5 Å². The zero-order valence-electron chi connectivity index (χ0n) is 19.6. The molecular weight excluding hydrogens is 575 g/mol. The third kappa shape index (κ3) is 5.51. The number of ether oxygens (including phenoxy) is 2. The quantitative estimate of drug-likeness (QED) is 0.227. The number of rotatable bonds is 7. The maximum absolute atomic E-state index is 13.1. The molecule has 1 saturated heterocycles. The highest BCUT2D eigenvalue weighted by Crippen LogP contribution is 2.36. The van der Waals surface area contributed by atoms with E-state index < -0.39 is 17.8 Å². The molecule has 0 radical (unpaired) electrons. The Morgan fingerprint density at radius 2 is 1.69 bits per heavy atom. The first kappa shape index (κ1) is 25.2. The van der Waals surface area contributed by atoms with Gasteiger partial charge < -0.3 is 14.6 Å². The minimum absolute atomic E-state index is 0.0156. The van der Waals surface area contributed by atoms with E-state index in [1.165, 1.54) is 30.3 Å². The molecule has 0 bridgehead atoms. The predicted molar refractivity (Wildman–Crippen MR) is 143 cm³/mol. The Morgan fingerprint density at radius 3 is 2.36 bits per heavy atom. The van der Waals surface area contributed by atoms with E-state index in [2.05, 4.69) is 27.9 Å². The van der Waals surface area contributed by atoms with Gasteiger partial charge in [0.1, 0.15) is 17.9 Å². The molecule has 3 aromatic rings. The van der Waals surface area contributed by atoms with Crippen LogP contribution in [0.5, 0.6) is 17.2 Å². The molecular formula is C27H23IN2O6. The summed E-state index contributed by atoms with van der Waals surface area (Å²) in [4.78, 5) is 38.9. The summed E-state index contributed by atoms with van der Waals surface area (Å²) in [6.07, 6.45) is 1.41. The third-order valence-electron chi connectivity index (χ3n) is 5.36. The molecule has 8 nitrogen and oxygen atoms in total. The lowest BCUT2D eigenvalue weighted by molar-refractivity contribution is -0.122. The van der Waals surface area contributed by atoms with Gasteiger partial charge in [0.05, 0.1) is 15.9 Å². The second kappa shape index (κ2) is 10.8. The number of nitrogens with zero attached hydrogens (tertiary/aromatic N) is 1. The van der Waals surface area contributed by atoms with Crippen molar-refractivity contribution in [1.82, 2.24) is 5.32 Å². The van der Waals surface area contributed by atoms with Gasteiger partial charge in [0.15, 0.2) is 11.5 Å². The Labute approximate surface area is 221 Å². The lowest BCUT2D eigenvalue weighted by Gasteiger charge is -2.26. The molecule has 0 spiro atoms. The molecule has 0 saturated carbocycles. The first-order valence-corrected chi connectivity index (χ1v) is 12.2. The first-order valence-electron chi connectivity index (χ1n) is 11.1. The zero-order valence-corrected chi connectivity index (χ0v) is 21.7. The molecule has 0 aromatic heterocycles.